The number of carbonyl (C=O) groups excluding carboxylic acids is 1. The van der Waals surface area contributed by atoms with Crippen LogP contribution in [0.1, 0.15) is 19.3 Å². The van der Waals surface area contributed by atoms with Crippen molar-refractivity contribution in [2.24, 2.45) is 0 Å². The number of rotatable bonds is 4. The smallest absolute Gasteiger partial charge is 0.223 e. The number of nitrogens with one attached hydrogen (secondary N) is 1. The second-order valence-electron chi connectivity index (χ2n) is 5.74. The van der Waals surface area contributed by atoms with Gasteiger partial charge in [0.15, 0.2) is 11.5 Å². The molecule has 1 fully saturated rings. The van der Waals surface area contributed by atoms with Crippen molar-refractivity contribution < 1.29 is 14.3 Å². The lowest BCUT2D eigenvalue weighted by molar-refractivity contribution is -0.130. The van der Waals surface area contributed by atoms with Gasteiger partial charge in [0.25, 0.3) is 0 Å². The normalized spacial score (nSPS) is 18.2. The molecule has 0 unspecified atom stereocenters. The number of ether oxygens (including phenoxy) is 2. The number of hydrogen-bond donors (Lipinski definition) is 1. The molecule has 1 aromatic carbocycles. The zero-order chi connectivity index (χ0) is 15.9. The third-order valence-corrected chi connectivity index (χ3v) is 4.99. The molecule has 23 heavy (non-hydrogen) atoms. The first kappa shape index (κ1) is 16.5. The zero-order valence-corrected chi connectivity index (χ0v) is 14.2. The van der Waals surface area contributed by atoms with Crippen LogP contribution >= 0.6 is 11.8 Å². The molecular weight excluding hydrogens is 312 g/mol. The van der Waals surface area contributed by atoms with Gasteiger partial charge in [-0.25, -0.2) is 0 Å². The number of hydrogen-bond acceptors (Lipinski definition) is 5. The standard InChI is InChI=1S/C17H24N2O3S/c20-17(19-8-1-6-18-7-9-19)5-12-23-14-3-4-15-16(13-14)22-11-2-10-21-15/h3-4,13,18H,1-2,5-12H2. The lowest BCUT2D eigenvalue weighted by atomic mass is 10.3. The summed E-state index contributed by atoms with van der Waals surface area (Å²) in [6, 6.07) is 6.02. The average Bonchev–Trinajstić information content (AvgIpc) is 2.97. The van der Waals surface area contributed by atoms with Crippen molar-refractivity contribution in [2.45, 2.75) is 24.2 Å². The van der Waals surface area contributed by atoms with Crippen LogP contribution in [-0.4, -0.2) is 56.0 Å². The quantitative estimate of drug-likeness (QED) is 0.854. The van der Waals surface area contributed by atoms with Gasteiger partial charge in [0.1, 0.15) is 0 Å². The molecule has 3 rings (SSSR count). The highest BCUT2D eigenvalue weighted by Crippen LogP contribution is 2.34. The molecule has 1 aromatic rings. The van der Waals surface area contributed by atoms with Crippen molar-refractivity contribution in [2.75, 3.05) is 45.1 Å². The van der Waals surface area contributed by atoms with Crippen LogP contribution in [0.15, 0.2) is 23.1 Å². The van der Waals surface area contributed by atoms with Gasteiger partial charge in [0.2, 0.25) is 5.91 Å². The number of benzene rings is 1. The highest BCUT2D eigenvalue weighted by atomic mass is 32.2. The Morgan fingerprint density at radius 3 is 2.91 bits per heavy atom. The van der Waals surface area contributed by atoms with Gasteiger partial charge in [-0.1, -0.05) is 0 Å². The Kier molecular flexibility index (Phi) is 6.05. The molecule has 1 N–H and O–H groups in total. The SMILES string of the molecule is O=C(CCSc1ccc2c(c1)OCCCO2)N1CCCNCC1. The topological polar surface area (TPSA) is 50.8 Å². The van der Waals surface area contributed by atoms with Crippen LogP contribution < -0.4 is 14.8 Å². The molecule has 0 spiro atoms. The van der Waals surface area contributed by atoms with E-state index in [0.717, 1.165) is 61.2 Å². The molecule has 126 valence electrons. The van der Waals surface area contributed by atoms with Crippen LogP contribution in [0.5, 0.6) is 11.5 Å². The second kappa shape index (κ2) is 8.45. The van der Waals surface area contributed by atoms with Crippen molar-refractivity contribution >= 4 is 17.7 Å². The molecule has 2 heterocycles. The molecule has 2 aliphatic rings. The van der Waals surface area contributed by atoms with Crippen LogP contribution in [0.3, 0.4) is 0 Å². The minimum Gasteiger partial charge on any atom is -0.490 e. The second-order valence-corrected chi connectivity index (χ2v) is 6.91. The van der Waals surface area contributed by atoms with E-state index >= 15 is 0 Å². The summed E-state index contributed by atoms with van der Waals surface area (Å²) in [6.07, 6.45) is 2.54. The van der Waals surface area contributed by atoms with E-state index in [-0.39, 0.29) is 5.91 Å². The van der Waals surface area contributed by atoms with Gasteiger partial charge in [0, 0.05) is 43.1 Å². The summed E-state index contributed by atoms with van der Waals surface area (Å²) in [5, 5.41) is 3.32. The first-order valence-corrected chi connectivity index (χ1v) is 9.32. The molecule has 0 aliphatic carbocycles. The van der Waals surface area contributed by atoms with Gasteiger partial charge in [-0.2, -0.15) is 0 Å². The van der Waals surface area contributed by atoms with Crippen molar-refractivity contribution in [3.8, 4) is 11.5 Å². The first-order valence-electron chi connectivity index (χ1n) is 8.34. The molecule has 1 saturated heterocycles. The molecule has 0 atom stereocenters. The van der Waals surface area contributed by atoms with Gasteiger partial charge in [-0.15, -0.1) is 11.8 Å². The zero-order valence-electron chi connectivity index (χ0n) is 13.4. The van der Waals surface area contributed by atoms with Gasteiger partial charge >= 0.3 is 0 Å². The molecule has 1 amide bonds. The van der Waals surface area contributed by atoms with Gasteiger partial charge in [0.05, 0.1) is 13.2 Å². The summed E-state index contributed by atoms with van der Waals surface area (Å²) < 4.78 is 11.3. The summed E-state index contributed by atoms with van der Waals surface area (Å²) >= 11 is 1.70. The Balaban J connectivity index is 1.48. The van der Waals surface area contributed by atoms with E-state index in [1.165, 1.54) is 0 Å². The highest BCUT2D eigenvalue weighted by molar-refractivity contribution is 7.99. The Morgan fingerprint density at radius 2 is 2.00 bits per heavy atom. The Morgan fingerprint density at radius 1 is 1.13 bits per heavy atom. The van der Waals surface area contributed by atoms with Gasteiger partial charge in [-0.3, -0.25) is 4.79 Å². The van der Waals surface area contributed by atoms with Crippen molar-refractivity contribution in [3.05, 3.63) is 18.2 Å². The van der Waals surface area contributed by atoms with Gasteiger partial charge in [-0.05, 0) is 31.2 Å². The molecule has 2 aliphatic heterocycles. The lowest BCUT2D eigenvalue weighted by Crippen LogP contribution is -2.34. The van der Waals surface area contributed by atoms with E-state index in [9.17, 15) is 4.79 Å². The van der Waals surface area contributed by atoms with Crippen LogP contribution in [0.2, 0.25) is 0 Å². The van der Waals surface area contributed by atoms with Crippen LogP contribution in [0.4, 0.5) is 0 Å². The van der Waals surface area contributed by atoms with Gasteiger partial charge < -0.3 is 19.7 Å². The van der Waals surface area contributed by atoms with E-state index < -0.39 is 0 Å². The number of carbonyl (C=O) groups is 1. The van der Waals surface area contributed by atoms with Crippen molar-refractivity contribution in [1.29, 1.82) is 0 Å². The highest BCUT2D eigenvalue weighted by Gasteiger charge is 2.15. The molecule has 0 bridgehead atoms. The van der Waals surface area contributed by atoms with E-state index in [0.29, 0.717) is 19.6 Å². The predicted octanol–water partition coefficient (Wildman–Crippen LogP) is 2.15. The molecule has 6 heteroatoms. The molecule has 0 saturated carbocycles. The minimum absolute atomic E-state index is 0.260. The maximum absolute atomic E-state index is 12.3. The van der Waals surface area contributed by atoms with E-state index in [4.69, 9.17) is 9.47 Å². The van der Waals surface area contributed by atoms with Crippen molar-refractivity contribution in [3.63, 3.8) is 0 Å². The Bertz CT molecular complexity index is 531. The summed E-state index contributed by atoms with van der Waals surface area (Å²) in [5.41, 5.74) is 0. The number of amides is 1. The van der Waals surface area contributed by atoms with Crippen LogP contribution in [-0.2, 0) is 4.79 Å². The van der Waals surface area contributed by atoms with Crippen LogP contribution in [0.25, 0.3) is 0 Å². The van der Waals surface area contributed by atoms with Crippen LogP contribution in [0, 0.1) is 0 Å². The molecular formula is C17H24N2O3S. The Labute approximate surface area is 141 Å². The fourth-order valence-corrected chi connectivity index (χ4v) is 3.61. The van der Waals surface area contributed by atoms with Crippen molar-refractivity contribution in [1.82, 2.24) is 10.2 Å². The Hall–Kier alpha value is -1.40. The fourth-order valence-electron chi connectivity index (χ4n) is 2.74. The minimum atomic E-state index is 0.260. The maximum atomic E-state index is 12.3. The summed E-state index contributed by atoms with van der Waals surface area (Å²) in [6.45, 7) is 5.02. The number of thioether (sulfide) groups is 1. The third-order valence-electron chi connectivity index (χ3n) is 4.00. The molecule has 5 nitrogen and oxygen atoms in total. The first-order chi connectivity index (χ1) is 11.3. The predicted molar refractivity (Wildman–Crippen MR) is 91.5 cm³/mol. The summed E-state index contributed by atoms with van der Waals surface area (Å²) in [7, 11) is 0. The monoisotopic (exact) mass is 336 g/mol. The largest absolute Gasteiger partial charge is 0.490 e. The summed E-state index contributed by atoms with van der Waals surface area (Å²) in [4.78, 5) is 15.4. The van der Waals surface area contributed by atoms with E-state index in [2.05, 4.69) is 5.32 Å². The fraction of sp³-hybridized carbons (Fsp3) is 0.588. The summed E-state index contributed by atoms with van der Waals surface area (Å²) in [5.74, 6) is 2.69. The average molecular weight is 336 g/mol. The lowest BCUT2D eigenvalue weighted by Gasteiger charge is -2.19. The number of nitrogens with zero attached hydrogens (tertiary/aromatic N) is 1. The molecule has 0 radical (unpaired) electrons. The maximum Gasteiger partial charge on any atom is 0.223 e. The molecule has 0 aromatic heterocycles. The van der Waals surface area contributed by atoms with E-state index in [1.807, 2.05) is 23.1 Å². The number of fused-ring (bicyclic) bond motifs is 1. The van der Waals surface area contributed by atoms with E-state index in [1.54, 1.807) is 11.8 Å². The third kappa shape index (κ3) is 4.78.